The lowest BCUT2D eigenvalue weighted by atomic mass is 10.2. The summed E-state index contributed by atoms with van der Waals surface area (Å²) in [5, 5.41) is 17.1. The van der Waals surface area contributed by atoms with Gasteiger partial charge in [-0.15, -0.1) is 0 Å². The van der Waals surface area contributed by atoms with Crippen molar-refractivity contribution in [2.75, 3.05) is 11.1 Å². The van der Waals surface area contributed by atoms with Gasteiger partial charge in [0.05, 0.1) is 16.6 Å². The van der Waals surface area contributed by atoms with Gasteiger partial charge >= 0.3 is 6.18 Å². The second kappa shape index (κ2) is 6.26. The number of alkyl halides is 3. The number of hydrogen-bond donors (Lipinski definition) is 1. The molecule has 0 bridgehead atoms. The van der Waals surface area contributed by atoms with Crippen LogP contribution in [-0.2, 0) is 18.0 Å². The SMILES string of the molecule is C[n+]1noc([O-])c1SCC(=O)Nc1cccc(C(F)(F)F)c1. The number of anilines is 1. The number of aromatic nitrogens is 2. The maximum atomic E-state index is 12.6. The molecule has 0 aliphatic carbocycles. The first-order chi connectivity index (χ1) is 10.3. The van der Waals surface area contributed by atoms with Crippen LogP contribution in [0.3, 0.4) is 0 Å². The molecular formula is C12H10F3N3O3S. The van der Waals surface area contributed by atoms with Crippen LogP contribution in [0.15, 0.2) is 33.8 Å². The second-order valence-corrected chi connectivity index (χ2v) is 5.17. The van der Waals surface area contributed by atoms with Crippen LogP contribution in [0, 0.1) is 0 Å². The first-order valence-corrected chi connectivity index (χ1v) is 6.89. The summed E-state index contributed by atoms with van der Waals surface area (Å²) in [6, 6.07) is 4.28. The van der Waals surface area contributed by atoms with Gasteiger partial charge in [-0.05, 0) is 30.0 Å². The van der Waals surface area contributed by atoms with E-state index < -0.39 is 23.6 Å². The maximum Gasteiger partial charge on any atom is 0.416 e. The largest absolute Gasteiger partial charge is 0.538 e. The van der Waals surface area contributed by atoms with Crippen molar-refractivity contribution in [2.45, 2.75) is 11.2 Å². The van der Waals surface area contributed by atoms with Gasteiger partial charge in [0.25, 0.3) is 5.03 Å². The van der Waals surface area contributed by atoms with Crippen molar-refractivity contribution in [3.05, 3.63) is 29.8 Å². The molecule has 1 aromatic carbocycles. The average molecular weight is 333 g/mol. The van der Waals surface area contributed by atoms with Crippen molar-refractivity contribution in [3.8, 4) is 5.95 Å². The number of carbonyl (C=O) groups is 1. The minimum Gasteiger partial charge on any atom is -0.538 e. The topological polar surface area (TPSA) is 82.1 Å². The molecule has 0 radical (unpaired) electrons. The number of carbonyl (C=O) groups excluding carboxylic acids is 1. The Morgan fingerprint density at radius 2 is 2.23 bits per heavy atom. The van der Waals surface area contributed by atoms with E-state index in [1.165, 1.54) is 23.9 Å². The average Bonchev–Trinajstić information content (AvgIpc) is 2.75. The smallest absolute Gasteiger partial charge is 0.416 e. The fourth-order valence-electron chi connectivity index (χ4n) is 1.56. The number of aryl methyl sites for hydroxylation is 1. The van der Waals surface area contributed by atoms with Crippen LogP contribution in [0.2, 0.25) is 0 Å². The number of nitrogens with one attached hydrogen (secondary N) is 1. The Labute approximate surface area is 126 Å². The van der Waals surface area contributed by atoms with E-state index in [-0.39, 0.29) is 16.5 Å². The summed E-state index contributed by atoms with van der Waals surface area (Å²) in [5.74, 6) is -1.40. The number of thioether (sulfide) groups is 1. The van der Waals surface area contributed by atoms with Crippen LogP contribution in [0.25, 0.3) is 0 Å². The van der Waals surface area contributed by atoms with Gasteiger partial charge in [0.2, 0.25) is 5.91 Å². The van der Waals surface area contributed by atoms with Crippen molar-refractivity contribution < 1.29 is 32.3 Å². The van der Waals surface area contributed by atoms with Crippen LogP contribution in [0.1, 0.15) is 5.56 Å². The number of halogens is 3. The van der Waals surface area contributed by atoms with E-state index >= 15 is 0 Å². The summed E-state index contributed by atoms with van der Waals surface area (Å²) in [5.41, 5.74) is -0.831. The second-order valence-electron chi connectivity index (χ2n) is 4.20. The quantitative estimate of drug-likeness (QED) is 0.674. The van der Waals surface area contributed by atoms with E-state index in [4.69, 9.17) is 0 Å². The molecule has 10 heteroatoms. The van der Waals surface area contributed by atoms with Crippen LogP contribution >= 0.6 is 11.8 Å². The molecule has 1 N–H and O–H groups in total. The molecular weight excluding hydrogens is 323 g/mol. The monoisotopic (exact) mass is 333 g/mol. The Hall–Kier alpha value is -2.23. The van der Waals surface area contributed by atoms with E-state index in [2.05, 4.69) is 15.1 Å². The predicted molar refractivity (Wildman–Crippen MR) is 67.9 cm³/mol. The highest BCUT2D eigenvalue weighted by Gasteiger charge is 2.30. The van der Waals surface area contributed by atoms with Gasteiger partial charge < -0.3 is 14.9 Å². The fraction of sp³-hybridized carbons (Fsp3) is 0.250. The van der Waals surface area contributed by atoms with Crippen LogP contribution in [-0.4, -0.2) is 16.9 Å². The van der Waals surface area contributed by atoms with E-state index in [9.17, 15) is 23.1 Å². The molecule has 1 heterocycles. The normalized spacial score (nSPS) is 11.5. The standard InChI is InChI=1S/C12H10F3N3O3S/c1-18-10(11(20)21-17-18)22-6-9(19)16-8-4-2-3-7(5-8)12(13,14)15/h2-5H,6H2,1H3,(H-,16,17,19,20). The van der Waals surface area contributed by atoms with Gasteiger partial charge in [0.15, 0.2) is 13.0 Å². The molecule has 6 nitrogen and oxygen atoms in total. The zero-order chi connectivity index (χ0) is 16.3. The predicted octanol–water partition coefficient (Wildman–Crippen LogP) is 1.32. The Balaban J connectivity index is 1.98. The first-order valence-electron chi connectivity index (χ1n) is 5.90. The van der Waals surface area contributed by atoms with Gasteiger partial charge in [0.1, 0.15) is 0 Å². The molecule has 1 aromatic heterocycles. The highest BCUT2D eigenvalue weighted by Crippen LogP contribution is 2.30. The molecule has 0 unspecified atom stereocenters. The molecule has 0 aliphatic rings. The lowest BCUT2D eigenvalue weighted by Gasteiger charge is -2.09. The van der Waals surface area contributed by atoms with E-state index in [1.54, 1.807) is 0 Å². The third kappa shape index (κ3) is 3.91. The zero-order valence-electron chi connectivity index (χ0n) is 11.2. The molecule has 0 saturated heterocycles. The van der Waals surface area contributed by atoms with Crippen molar-refractivity contribution in [1.82, 2.24) is 5.27 Å². The third-order valence-corrected chi connectivity index (χ3v) is 3.64. The summed E-state index contributed by atoms with van der Waals surface area (Å²) < 4.78 is 43.2. The van der Waals surface area contributed by atoms with Gasteiger partial charge in [0, 0.05) is 5.69 Å². The van der Waals surface area contributed by atoms with Crippen molar-refractivity contribution in [2.24, 2.45) is 7.05 Å². The Morgan fingerprint density at radius 3 is 2.82 bits per heavy atom. The number of benzene rings is 1. The van der Waals surface area contributed by atoms with Gasteiger partial charge in [-0.2, -0.15) is 13.2 Å². The van der Waals surface area contributed by atoms with Crippen molar-refractivity contribution >= 4 is 23.4 Å². The third-order valence-electron chi connectivity index (χ3n) is 2.53. The van der Waals surface area contributed by atoms with E-state index in [1.807, 2.05) is 0 Å². The molecule has 0 atom stereocenters. The highest BCUT2D eigenvalue weighted by molar-refractivity contribution is 7.99. The zero-order valence-corrected chi connectivity index (χ0v) is 12.0. The molecule has 0 fully saturated rings. The molecule has 118 valence electrons. The van der Waals surface area contributed by atoms with Crippen LogP contribution < -0.4 is 15.1 Å². The molecule has 0 spiro atoms. The lowest BCUT2D eigenvalue weighted by molar-refractivity contribution is -0.772. The summed E-state index contributed by atoms with van der Waals surface area (Å²) in [6.07, 6.45) is -4.48. The van der Waals surface area contributed by atoms with Gasteiger partial charge in [-0.3, -0.25) is 4.79 Å². The molecule has 0 saturated carbocycles. The maximum absolute atomic E-state index is 12.6. The summed E-state index contributed by atoms with van der Waals surface area (Å²) in [6.45, 7) is 0. The van der Waals surface area contributed by atoms with E-state index in [0.717, 1.165) is 23.9 Å². The molecule has 2 aromatic rings. The summed E-state index contributed by atoms with van der Waals surface area (Å²) in [7, 11) is 1.47. The summed E-state index contributed by atoms with van der Waals surface area (Å²) >= 11 is 0.877. The Bertz CT molecular complexity index is 668. The Morgan fingerprint density at radius 1 is 1.50 bits per heavy atom. The highest BCUT2D eigenvalue weighted by atomic mass is 32.2. The minimum absolute atomic E-state index is 0.0254. The summed E-state index contributed by atoms with van der Waals surface area (Å²) in [4.78, 5) is 11.7. The lowest BCUT2D eigenvalue weighted by Crippen LogP contribution is -2.32. The molecule has 1 amide bonds. The number of nitrogens with zero attached hydrogens (tertiary/aromatic N) is 2. The number of rotatable bonds is 4. The van der Waals surface area contributed by atoms with Gasteiger partial charge in [-0.25, -0.2) is 0 Å². The van der Waals surface area contributed by atoms with Crippen LogP contribution in [0.4, 0.5) is 18.9 Å². The Kier molecular flexibility index (Phi) is 4.59. The minimum atomic E-state index is -4.48. The van der Waals surface area contributed by atoms with Crippen LogP contribution in [0.5, 0.6) is 5.95 Å². The number of amides is 1. The van der Waals surface area contributed by atoms with E-state index in [0.29, 0.717) is 0 Å². The number of hydrogen-bond acceptors (Lipinski definition) is 5. The fourth-order valence-corrected chi connectivity index (χ4v) is 2.28. The first kappa shape index (κ1) is 16.1. The van der Waals surface area contributed by atoms with Gasteiger partial charge in [-0.1, -0.05) is 10.7 Å². The van der Waals surface area contributed by atoms with Crippen molar-refractivity contribution in [1.29, 1.82) is 0 Å². The molecule has 22 heavy (non-hydrogen) atoms. The van der Waals surface area contributed by atoms with Crippen molar-refractivity contribution in [3.63, 3.8) is 0 Å². The molecule has 2 rings (SSSR count). The molecule has 0 aliphatic heterocycles.